The van der Waals surface area contributed by atoms with Crippen molar-refractivity contribution >= 4 is 17.2 Å². The number of halogens is 2. The molecule has 0 radical (unpaired) electrons. The third-order valence-electron chi connectivity index (χ3n) is 4.34. The Morgan fingerprint density at radius 1 is 1.23 bits per heavy atom. The first-order chi connectivity index (χ1) is 14.6. The number of benzene rings is 1. The van der Waals surface area contributed by atoms with Gasteiger partial charge in [-0.1, -0.05) is 0 Å². The Morgan fingerprint density at radius 3 is 2.77 bits per heavy atom. The van der Waals surface area contributed by atoms with Crippen LogP contribution in [0.3, 0.4) is 0 Å². The predicted octanol–water partition coefficient (Wildman–Crippen LogP) is 3.92. The zero-order valence-corrected chi connectivity index (χ0v) is 16.6. The minimum Gasteiger partial charge on any atom is -0.489 e. The Labute approximate surface area is 175 Å². The maximum atomic E-state index is 12.7. The second kappa shape index (κ2) is 9.12. The number of amides is 1. The van der Waals surface area contributed by atoms with E-state index in [1.165, 1.54) is 17.4 Å². The summed E-state index contributed by atoms with van der Waals surface area (Å²) in [5, 5.41) is 4.91. The number of aromatic nitrogens is 3. The molecule has 1 amide bonds. The Kier molecular flexibility index (Phi) is 6.12. The topological polar surface area (TPSA) is 86.2 Å². The van der Waals surface area contributed by atoms with Crippen LogP contribution in [-0.4, -0.2) is 34.1 Å². The molecule has 0 spiro atoms. The molecule has 1 aromatic carbocycles. The maximum absolute atomic E-state index is 12.7. The molecule has 10 heteroatoms. The van der Waals surface area contributed by atoms with Crippen LogP contribution in [0.5, 0.6) is 11.5 Å². The quantitative estimate of drug-likeness (QED) is 0.552. The number of ether oxygens (including phenoxy) is 2. The molecule has 156 valence electrons. The molecule has 1 fully saturated rings. The van der Waals surface area contributed by atoms with E-state index in [0.29, 0.717) is 28.9 Å². The van der Waals surface area contributed by atoms with Gasteiger partial charge in [0.25, 0.3) is 5.91 Å². The number of nitrogens with zero attached hydrogens (tertiary/aromatic N) is 3. The Balaban J connectivity index is 1.47. The first-order valence-corrected chi connectivity index (χ1v) is 10.2. The van der Waals surface area contributed by atoms with Gasteiger partial charge in [0.05, 0.1) is 13.2 Å². The van der Waals surface area contributed by atoms with E-state index in [2.05, 4.69) is 25.0 Å². The highest BCUT2D eigenvalue weighted by Crippen LogP contribution is 2.37. The van der Waals surface area contributed by atoms with E-state index in [1.54, 1.807) is 36.0 Å². The highest BCUT2D eigenvalue weighted by Gasteiger charge is 2.23. The summed E-state index contributed by atoms with van der Waals surface area (Å²) in [6, 6.07) is 6.34. The summed E-state index contributed by atoms with van der Waals surface area (Å²) in [5.41, 5.74) is 0.900. The molecule has 4 rings (SSSR count). The molecule has 0 atom stereocenters. The summed E-state index contributed by atoms with van der Waals surface area (Å²) in [6.45, 7) is -2.30. The molecule has 3 aromatic rings. The first kappa shape index (κ1) is 20.1. The number of hydrogen-bond donors (Lipinski definition) is 1. The van der Waals surface area contributed by atoms with Crippen LogP contribution in [0.25, 0.3) is 10.6 Å². The molecule has 0 aliphatic heterocycles. The predicted molar refractivity (Wildman–Crippen MR) is 106 cm³/mol. The standard InChI is InChI=1S/C20H18F2N4O3S/c21-20(22)29-15-5-4-13(8-16(15)28-10-12-2-3-12)19-26-14(11-30-19)18(27)25-9-17-23-6-1-7-24-17/h1,4-8,11-12,20H,2-3,9-10H2,(H,25,27). The molecule has 1 aliphatic carbocycles. The minimum absolute atomic E-state index is 0.0215. The van der Waals surface area contributed by atoms with Crippen molar-refractivity contribution in [3.8, 4) is 22.1 Å². The summed E-state index contributed by atoms with van der Waals surface area (Å²) in [6.07, 6.45) is 5.34. The van der Waals surface area contributed by atoms with Crippen molar-refractivity contribution in [2.24, 2.45) is 5.92 Å². The van der Waals surface area contributed by atoms with Gasteiger partial charge in [-0.15, -0.1) is 11.3 Å². The fourth-order valence-corrected chi connectivity index (χ4v) is 3.42. The van der Waals surface area contributed by atoms with E-state index in [9.17, 15) is 13.6 Å². The highest BCUT2D eigenvalue weighted by atomic mass is 32.1. The number of nitrogens with one attached hydrogen (secondary N) is 1. The average molecular weight is 432 g/mol. The number of carbonyl (C=O) groups excluding carboxylic acids is 1. The molecular weight excluding hydrogens is 414 g/mol. The van der Waals surface area contributed by atoms with Crippen LogP contribution >= 0.6 is 11.3 Å². The van der Waals surface area contributed by atoms with Crippen LogP contribution in [0, 0.1) is 5.92 Å². The molecule has 2 aromatic heterocycles. The van der Waals surface area contributed by atoms with Gasteiger partial charge in [-0.05, 0) is 43.0 Å². The Bertz CT molecular complexity index is 1010. The van der Waals surface area contributed by atoms with Crippen molar-refractivity contribution in [2.75, 3.05) is 6.61 Å². The van der Waals surface area contributed by atoms with Crippen molar-refractivity contribution in [3.05, 3.63) is 53.6 Å². The third kappa shape index (κ3) is 5.26. The van der Waals surface area contributed by atoms with E-state index < -0.39 is 6.61 Å². The lowest BCUT2D eigenvalue weighted by atomic mass is 10.2. The average Bonchev–Trinajstić information content (AvgIpc) is 3.45. The van der Waals surface area contributed by atoms with E-state index in [0.717, 1.165) is 12.8 Å². The van der Waals surface area contributed by atoms with Gasteiger partial charge in [-0.3, -0.25) is 4.79 Å². The van der Waals surface area contributed by atoms with E-state index in [1.807, 2.05) is 0 Å². The lowest BCUT2D eigenvalue weighted by Gasteiger charge is -2.13. The minimum atomic E-state index is -2.94. The summed E-state index contributed by atoms with van der Waals surface area (Å²) >= 11 is 1.27. The van der Waals surface area contributed by atoms with Crippen LogP contribution in [0.1, 0.15) is 29.2 Å². The van der Waals surface area contributed by atoms with Gasteiger partial charge in [-0.25, -0.2) is 15.0 Å². The number of alkyl halides is 2. The molecule has 0 unspecified atom stereocenters. The molecule has 0 bridgehead atoms. The molecule has 2 heterocycles. The van der Waals surface area contributed by atoms with Crippen LogP contribution in [0.4, 0.5) is 8.78 Å². The SMILES string of the molecule is O=C(NCc1ncccn1)c1csc(-c2ccc(OC(F)F)c(OCC3CC3)c2)n1. The van der Waals surface area contributed by atoms with Gasteiger partial charge in [-0.2, -0.15) is 8.78 Å². The molecule has 0 saturated heterocycles. The van der Waals surface area contributed by atoms with E-state index in [-0.39, 0.29) is 29.6 Å². The molecule has 1 aliphatic rings. The highest BCUT2D eigenvalue weighted by molar-refractivity contribution is 7.13. The van der Waals surface area contributed by atoms with Gasteiger partial charge in [0, 0.05) is 23.3 Å². The molecule has 1 N–H and O–H groups in total. The lowest BCUT2D eigenvalue weighted by molar-refractivity contribution is -0.0515. The Morgan fingerprint density at radius 2 is 2.03 bits per heavy atom. The van der Waals surface area contributed by atoms with E-state index in [4.69, 9.17) is 4.74 Å². The summed E-state index contributed by atoms with van der Waals surface area (Å²) in [5.74, 6) is 0.812. The number of rotatable bonds is 9. The van der Waals surface area contributed by atoms with Gasteiger partial charge in [0.15, 0.2) is 11.5 Å². The van der Waals surface area contributed by atoms with Crippen LogP contribution < -0.4 is 14.8 Å². The monoisotopic (exact) mass is 432 g/mol. The van der Waals surface area contributed by atoms with Crippen LogP contribution in [0.2, 0.25) is 0 Å². The molecule has 30 heavy (non-hydrogen) atoms. The van der Waals surface area contributed by atoms with Gasteiger partial charge < -0.3 is 14.8 Å². The van der Waals surface area contributed by atoms with Crippen molar-refractivity contribution in [1.82, 2.24) is 20.3 Å². The van der Waals surface area contributed by atoms with Crippen molar-refractivity contribution in [3.63, 3.8) is 0 Å². The maximum Gasteiger partial charge on any atom is 0.387 e. The molecule has 1 saturated carbocycles. The summed E-state index contributed by atoms with van der Waals surface area (Å²) in [4.78, 5) is 24.8. The lowest BCUT2D eigenvalue weighted by Crippen LogP contribution is -2.24. The van der Waals surface area contributed by atoms with Gasteiger partial charge in [0.2, 0.25) is 0 Å². The fraction of sp³-hybridized carbons (Fsp3) is 0.300. The molecular formula is C20H18F2N4O3S. The summed E-state index contributed by atoms with van der Waals surface area (Å²) < 4.78 is 35.6. The number of hydrogen-bond acceptors (Lipinski definition) is 7. The van der Waals surface area contributed by atoms with Crippen molar-refractivity contribution < 1.29 is 23.0 Å². The smallest absolute Gasteiger partial charge is 0.387 e. The zero-order chi connectivity index (χ0) is 20.9. The van der Waals surface area contributed by atoms with Crippen molar-refractivity contribution in [2.45, 2.75) is 26.0 Å². The number of thiazole rings is 1. The summed E-state index contributed by atoms with van der Waals surface area (Å²) in [7, 11) is 0. The first-order valence-electron chi connectivity index (χ1n) is 9.30. The Hall–Kier alpha value is -3.14. The molecule has 7 nitrogen and oxygen atoms in total. The second-order valence-electron chi connectivity index (χ2n) is 6.68. The largest absolute Gasteiger partial charge is 0.489 e. The van der Waals surface area contributed by atoms with Gasteiger partial charge >= 0.3 is 6.61 Å². The van der Waals surface area contributed by atoms with Crippen molar-refractivity contribution in [1.29, 1.82) is 0 Å². The third-order valence-corrected chi connectivity index (χ3v) is 5.23. The number of carbonyl (C=O) groups is 1. The zero-order valence-electron chi connectivity index (χ0n) is 15.8. The fourth-order valence-electron chi connectivity index (χ4n) is 2.62. The van der Waals surface area contributed by atoms with Crippen LogP contribution in [0.15, 0.2) is 42.0 Å². The van der Waals surface area contributed by atoms with E-state index >= 15 is 0 Å². The van der Waals surface area contributed by atoms with Crippen LogP contribution in [-0.2, 0) is 6.54 Å². The normalized spacial score (nSPS) is 13.3. The van der Waals surface area contributed by atoms with Gasteiger partial charge in [0.1, 0.15) is 16.5 Å². The second-order valence-corrected chi connectivity index (χ2v) is 7.54.